The van der Waals surface area contributed by atoms with Crippen molar-refractivity contribution in [3.63, 3.8) is 0 Å². The average Bonchev–Trinajstić information content (AvgIpc) is 2.49. The van der Waals surface area contributed by atoms with Crippen LogP contribution in [0.15, 0.2) is 15.9 Å². The van der Waals surface area contributed by atoms with Crippen molar-refractivity contribution < 1.29 is 4.79 Å². The Kier molecular flexibility index (Phi) is 3.25. The third-order valence-corrected chi connectivity index (χ3v) is 3.36. The lowest BCUT2D eigenvalue weighted by Crippen LogP contribution is -2.33. The molecule has 0 spiro atoms. The molecule has 66 valence electrons. The summed E-state index contributed by atoms with van der Waals surface area (Å²) in [7, 11) is 0. The van der Waals surface area contributed by atoms with Gasteiger partial charge in [0.15, 0.2) is 0 Å². The molecule has 1 amide bonds. The van der Waals surface area contributed by atoms with Crippen molar-refractivity contribution in [2.75, 3.05) is 0 Å². The van der Waals surface area contributed by atoms with Crippen LogP contribution < -0.4 is 11.3 Å². The predicted octanol–water partition coefficient (Wildman–Crippen LogP) is 1.60. The van der Waals surface area contributed by atoms with Crippen molar-refractivity contribution in [3.8, 4) is 0 Å². The molecule has 1 rings (SSSR count). The normalized spacial score (nSPS) is 12.6. The summed E-state index contributed by atoms with van der Waals surface area (Å²) in [5, 5.41) is 0. The Labute approximate surface area is 83.1 Å². The van der Waals surface area contributed by atoms with E-state index in [1.54, 1.807) is 0 Å². The highest BCUT2D eigenvalue weighted by Gasteiger charge is 2.15. The minimum Gasteiger partial charge on any atom is -0.294 e. The van der Waals surface area contributed by atoms with Crippen molar-refractivity contribution in [3.05, 3.63) is 20.8 Å². The van der Waals surface area contributed by atoms with Crippen LogP contribution in [0.4, 0.5) is 0 Å². The first-order valence-electron chi connectivity index (χ1n) is 3.41. The number of nitrogens with one attached hydrogen (secondary N) is 1. The molecule has 1 aromatic heterocycles. The second-order valence-electron chi connectivity index (χ2n) is 2.37. The number of nitrogens with two attached hydrogens (primary N) is 1. The van der Waals surface area contributed by atoms with Gasteiger partial charge in [0, 0.05) is 4.88 Å². The number of hydrogen-bond donors (Lipinski definition) is 2. The van der Waals surface area contributed by atoms with Gasteiger partial charge >= 0.3 is 0 Å². The van der Waals surface area contributed by atoms with Crippen LogP contribution in [0.5, 0.6) is 0 Å². The molecule has 3 N–H and O–H groups in total. The minimum absolute atomic E-state index is 0.163. The Morgan fingerprint density at radius 3 is 2.83 bits per heavy atom. The highest BCUT2D eigenvalue weighted by Crippen LogP contribution is 2.28. The predicted molar refractivity (Wildman–Crippen MR) is 52.8 cm³/mol. The zero-order chi connectivity index (χ0) is 9.14. The Bertz CT molecular complexity index is 287. The first kappa shape index (κ1) is 9.70. The van der Waals surface area contributed by atoms with Gasteiger partial charge in [-0.15, -0.1) is 11.3 Å². The molecule has 0 saturated heterocycles. The Balaban J connectivity index is 2.77. The summed E-state index contributed by atoms with van der Waals surface area (Å²) in [4.78, 5) is 12.1. The van der Waals surface area contributed by atoms with E-state index >= 15 is 0 Å². The number of carbonyl (C=O) groups is 1. The zero-order valence-electron chi connectivity index (χ0n) is 6.50. The van der Waals surface area contributed by atoms with Crippen LogP contribution in [0.3, 0.4) is 0 Å². The molecule has 0 aliphatic heterocycles. The summed E-state index contributed by atoms with van der Waals surface area (Å²) >= 11 is 4.87. The number of halogens is 1. The quantitative estimate of drug-likeness (QED) is 0.475. The van der Waals surface area contributed by atoms with Crippen molar-refractivity contribution in [1.82, 2.24) is 5.43 Å². The van der Waals surface area contributed by atoms with Crippen LogP contribution in [-0.4, -0.2) is 5.91 Å². The van der Waals surface area contributed by atoms with Crippen molar-refractivity contribution in [1.29, 1.82) is 0 Å². The van der Waals surface area contributed by atoms with Crippen LogP contribution in [0.2, 0.25) is 0 Å². The van der Waals surface area contributed by atoms with Crippen molar-refractivity contribution in [2.45, 2.75) is 12.8 Å². The lowest BCUT2D eigenvalue weighted by atomic mass is 10.1. The van der Waals surface area contributed by atoms with E-state index in [0.29, 0.717) is 0 Å². The highest BCUT2D eigenvalue weighted by molar-refractivity contribution is 9.11. The summed E-state index contributed by atoms with van der Waals surface area (Å²) in [5.74, 6) is 4.67. The Morgan fingerprint density at radius 2 is 2.42 bits per heavy atom. The van der Waals surface area contributed by atoms with Crippen molar-refractivity contribution >= 4 is 33.2 Å². The highest BCUT2D eigenvalue weighted by atomic mass is 79.9. The topological polar surface area (TPSA) is 55.1 Å². The molecule has 0 saturated carbocycles. The summed E-state index contributed by atoms with van der Waals surface area (Å²) in [6, 6.07) is 3.83. The maximum Gasteiger partial charge on any atom is 0.241 e. The van der Waals surface area contributed by atoms with Crippen LogP contribution in [0.1, 0.15) is 17.7 Å². The first-order chi connectivity index (χ1) is 5.65. The number of thiophene rings is 1. The van der Waals surface area contributed by atoms with Gasteiger partial charge in [0.05, 0.1) is 9.70 Å². The van der Waals surface area contributed by atoms with Gasteiger partial charge in [-0.25, -0.2) is 5.84 Å². The fraction of sp³-hybridized carbons (Fsp3) is 0.286. The van der Waals surface area contributed by atoms with Crippen LogP contribution in [0.25, 0.3) is 0 Å². The second kappa shape index (κ2) is 4.02. The fourth-order valence-corrected chi connectivity index (χ4v) is 2.29. The summed E-state index contributed by atoms with van der Waals surface area (Å²) < 4.78 is 1.02. The van der Waals surface area contributed by atoms with Gasteiger partial charge in [-0.3, -0.25) is 10.2 Å². The van der Waals surface area contributed by atoms with Gasteiger partial charge in [-0.05, 0) is 35.0 Å². The number of amides is 1. The van der Waals surface area contributed by atoms with E-state index in [1.807, 2.05) is 19.1 Å². The summed E-state index contributed by atoms with van der Waals surface area (Å²) in [6.45, 7) is 1.82. The lowest BCUT2D eigenvalue weighted by molar-refractivity contribution is -0.122. The zero-order valence-corrected chi connectivity index (χ0v) is 8.91. The second-order valence-corrected chi connectivity index (χ2v) is 4.87. The molecule has 1 aromatic rings. The van der Waals surface area contributed by atoms with Gasteiger partial charge < -0.3 is 0 Å². The molecule has 1 heterocycles. The van der Waals surface area contributed by atoms with Gasteiger partial charge in [0.2, 0.25) is 5.91 Å². The SMILES string of the molecule is CC(C(=O)NN)c1ccc(Br)s1. The fourth-order valence-electron chi connectivity index (χ4n) is 0.815. The molecule has 0 bridgehead atoms. The summed E-state index contributed by atoms with van der Waals surface area (Å²) in [5.41, 5.74) is 2.12. The van der Waals surface area contributed by atoms with E-state index in [0.717, 1.165) is 8.66 Å². The molecule has 0 aliphatic carbocycles. The summed E-state index contributed by atoms with van der Waals surface area (Å²) in [6.07, 6.45) is 0. The monoisotopic (exact) mass is 248 g/mol. The third-order valence-electron chi connectivity index (χ3n) is 1.56. The third kappa shape index (κ3) is 2.06. The molecule has 12 heavy (non-hydrogen) atoms. The van der Waals surface area contributed by atoms with Gasteiger partial charge in [-0.1, -0.05) is 0 Å². The smallest absolute Gasteiger partial charge is 0.241 e. The Morgan fingerprint density at radius 1 is 1.75 bits per heavy atom. The largest absolute Gasteiger partial charge is 0.294 e. The minimum atomic E-state index is -0.175. The van der Waals surface area contributed by atoms with Gasteiger partial charge in [0.25, 0.3) is 0 Å². The molecule has 0 aromatic carbocycles. The standard InChI is InChI=1S/C7H9BrN2OS/c1-4(7(11)10-9)5-2-3-6(8)12-5/h2-4H,9H2,1H3,(H,10,11). The van der Waals surface area contributed by atoms with Crippen LogP contribution in [-0.2, 0) is 4.79 Å². The number of hydrazine groups is 1. The maximum atomic E-state index is 11.1. The van der Waals surface area contributed by atoms with Gasteiger partial charge in [-0.2, -0.15) is 0 Å². The van der Waals surface area contributed by atoms with E-state index < -0.39 is 0 Å². The molecular weight excluding hydrogens is 240 g/mol. The average molecular weight is 249 g/mol. The molecule has 0 aliphatic rings. The lowest BCUT2D eigenvalue weighted by Gasteiger charge is -2.05. The molecule has 3 nitrogen and oxygen atoms in total. The van der Waals surface area contributed by atoms with E-state index in [2.05, 4.69) is 21.4 Å². The molecule has 1 unspecified atom stereocenters. The van der Waals surface area contributed by atoms with Gasteiger partial charge in [0.1, 0.15) is 0 Å². The maximum absolute atomic E-state index is 11.1. The molecule has 1 atom stereocenters. The first-order valence-corrected chi connectivity index (χ1v) is 5.01. The number of rotatable bonds is 2. The van der Waals surface area contributed by atoms with E-state index in [1.165, 1.54) is 11.3 Å². The molecular formula is C7H9BrN2OS. The Hall–Kier alpha value is -0.390. The van der Waals surface area contributed by atoms with Crippen LogP contribution in [0, 0.1) is 0 Å². The molecule has 0 fully saturated rings. The number of carbonyl (C=O) groups excluding carboxylic acids is 1. The van der Waals surface area contributed by atoms with E-state index in [9.17, 15) is 4.79 Å². The van der Waals surface area contributed by atoms with Crippen LogP contribution >= 0.6 is 27.3 Å². The number of hydrogen-bond acceptors (Lipinski definition) is 3. The van der Waals surface area contributed by atoms with E-state index in [-0.39, 0.29) is 11.8 Å². The molecule has 0 radical (unpaired) electrons. The van der Waals surface area contributed by atoms with Crippen molar-refractivity contribution in [2.24, 2.45) is 5.84 Å². The van der Waals surface area contributed by atoms with E-state index in [4.69, 9.17) is 5.84 Å². The molecule has 5 heteroatoms.